The van der Waals surface area contributed by atoms with Gasteiger partial charge in [0.15, 0.2) is 17.5 Å². The monoisotopic (exact) mass is 470 g/mol. The van der Waals surface area contributed by atoms with Gasteiger partial charge in [0.1, 0.15) is 18.2 Å². The van der Waals surface area contributed by atoms with Gasteiger partial charge in [0.05, 0.1) is 0 Å². The first-order chi connectivity index (χ1) is 15.6. The van der Waals surface area contributed by atoms with Crippen molar-refractivity contribution in [3.05, 3.63) is 89.3 Å². The van der Waals surface area contributed by atoms with Crippen LogP contribution in [0.4, 0.5) is 30.7 Å². The van der Waals surface area contributed by atoms with Gasteiger partial charge in [-0.2, -0.15) is 0 Å². The van der Waals surface area contributed by atoms with Crippen LogP contribution in [-0.2, 0) is 6.61 Å². The van der Waals surface area contributed by atoms with Gasteiger partial charge in [0, 0.05) is 5.56 Å². The molecule has 0 amide bonds. The minimum absolute atomic E-state index is 0.0102. The van der Waals surface area contributed by atoms with Crippen molar-refractivity contribution < 1.29 is 40.2 Å². The van der Waals surface area contributed by atoms with Crippen LogP contribution in [0.25, 0.3) is 17.0 Å². The lowest BCUT2D eigenvalue weighted by Gasteiger charge is -2.12. The third kappa shape index (κ3) is 6.27. The van der Waals surface area contributed by atoms with E-state index in [-0.39, 0.29) is 24.2 Å². The summed E-state index contributed by atoms with van der Waals surface area (Å²) in [4.78, 5) is 0. The maximum atomic E-state index is 13.9. The van der Waals surface area contributed by atoms with Crippen LogP contribution in [0.3, 0.4) is 0 Å². The van der Waals surface area contributed by atoms with Gasteiger partial charge in [-0.3, -0.25) is 0 Å². The largest absolute Gasteiger partial charge is 0.573 e. The number of halogens is 7. The van der Waals surface area contributed by atoms with E-state index in [0.717, 1.165) is 12.1 Å². The Labute approximate surface area is 184 Å². The molecule has 3 rings (SSSR count). The van der Waals surface area contributed by atoms with Gasteiger partial charge >= 0.3 is 6.36 Å². The molecule has 0 aliphatic carbocycles. The summed E-state index contributed by atoms with van der Waals surface area (Å²) in [5.41, 5.74) is 1.16. The zero-order valence-corrected chi connectivity index (χ0v) is 17.1. The summed E-state index contributed by atoms with van der Waals surface area (Å²) in [5.74, 6) is -5.84. The second-order valence-electron chi connectivity index (χ2n) is 6.90. The summed E-state index contributed by atoms with van der Waals surface area (Å²) in [7, 11) is 0. The predicted octanol–water partition coefficient (Wildman–Crippen LogP) is 8.13. The van der Waals surface area contributed by atoms with Gasteiger partial charge in [-0.05, 0) is 47.4 Å². The molecule has 0 aromatic heterocycles. The number of hydrogen-bond donors (Lipinski definition) is 0. The molecule has 0 fully saturated rings. The standard InChI is InChI=1S/C24H17F7O2/c1-2-19(25)22(28)16-5-3-14(4-6-16)13-32-18-9-7-15(8-10-18)17-11-20(26)23(21(27)12-17)33-24(29,30)31/h3-12H,2,13H2,1H3. The Bertz CT molecular complexity index is 1110. The fourth-order valence-electron chi connectivity index (χ4n) is 2.91. The Morgan fingerprint density at radius 2 is 1.39 bits per heavy atom. The molecule has 3 aromatic carbocycles. The first-order valence-corrected chi connectivity index (χ1v) is 9.69. The second-order valence-corrected chi connectivity index (χ2v) is 6.90. The van der Waals surface area contributed by atoms with E-state index in [4.69, 9.17) is 4.74 Å². The molecule has 0 bridgehead atoms. The highest BCUT2D eigenvalue weighted by Crippen LogP contribution is 2.33. The molecule has 0 saturated heterocycles. The van der Waals surface area contributed by atoms with Crippen LogP contribution in [0.15, 0.2) is 66.5 Å². The van der Waals surface area contributed by atoms with E-state index in [1.165, 1.54) is 43.3 Å². The van der Waals surface area contributed by atoms with Crippen molar-refractivity contribution in [1.29, 1.82) is 0 Å². The van der Waals surface area contributed by atoms with Crippen molar-refractivity contribution in [3.63, 3.8) is 0 Å². The van der Waals surface area contributed by atoms with Crippen LogP contribution in [0.1, 0.15) is 24.5 Å². The lowest BCUT2D eigenvalue weighted by molar-refractivity contribution is -0.276. The summed E-state index contributed by atoms with van der Waals surface area (Å²) < 4.78 is 101. The molecule has 9 heteroatoms. The van der Waals surface area contributed by atoms with Crippen molar-refractivity contribution in [3.8, 4) is 22.6 Å². The van der Waals surface area contributed by atoms with Crippen LogP contribution in [0.2, 0.25) is 0 Å². The van der Waals surface area contributed by atoms with Crippen molar-refractivity contribution in [2.75, 3.05) is 0 Å². The highest BCUT2D eigenvalue weighted by Gasteiger charge is 2.34. The minimum atomic E-state index is -5.22. The fraction of sp³-hybridized carbons (Fsp3) is 0.167. The van der Waals surface area contributed by atoms with E-state index in [1.54, 1.807) is 12.1 Å². The van der Waals surface area contributed by atoms with E-state index in [2.05, 4.69) is 4.74 Å². The maximum Gasteiger partial charge on any atom is 0.573 e. The number of benzene rings is 3. The molecule has 0 N–H and O–H groups in total. The van der Waals surface area contributed by atoms with Gasteiger partial charge in [-0.15, -0.1) is 13.2 Å². The smallest absolute Gasteiger partial charge is 0.489 e. The van der Waals surface area contributed by atoms with Crippen molar-refractivity contribution >= 4 is 5.83 Å². The topological polar surface area (TPSA) is 18.5 Å². The third-order valence-electron chi connectivity index (χ3n) is 4.57. The SMILES string of the molecule is CCC(F)=C(F)c1ccc(COc2ccc(-c3cc(F)c(OC(F)(F)F)c(F)c3)cc2)cc1. The molecular weight excluding hydrogens is 453 g/mol. The average molecular weight is 470 g/mol. The Morgan fingerprint density at radius 1 is 0.818 bits per heavy atom. The van der Waals surface area contributed by atoms with E-state index in [9.17, 15) is 30.7 Å². The van der Waals surface area contributed by atoms with Crippen LogP contribution >= 0.6 is 0 Å². The van der Waals surface area contributed by atoms with Crippen molar-refractivity contribution in [2.45, 2.75) is 26.3 Å². The average Bonchev–Trinajstić information content (AvgIpc) is 2.79. The summed E-state index contributed by atoms with van der Waals surface area (Å²) >= 11 is 0. The lowest BCUT2D eigenvalue weighted by atomic mass is 10.0. The lowest BCUT2D eigenvalue weighted by Crippen LogP contribution is -2.19. The van der Waals surface area contributed by atoms with Crippen LogP contribution in [0, 0.1) is 11.6 Å². The van der Waals surface area contributed by atoms with Gasteiger partial charge in [0.25, 0.3) is 0 Å². The van der Waals surface area contributed by atoms with Crippen LogP contribution in [0.5, 0.6) is 11.5 Å². The molecule has 0 spiro atoms. The van der Waals surface area contributed by atoms with E-state index in [0.29, 0.717) is 16.9 Å². The third-order valence-corrected chi connectivity index (χ3v) is 4.57. The number of rotatable bonds is 7. The molecule has 0 saturated carbocycles. The first kappa shape index (κ1) is 24.2. The van der Waals surface area contributed by atoms with Gasteiger partial charge in [-0.1, -0.05) is 43.3 Å². The van der Waals surface area contributed by atoms with E-state index < -0.39 is 35.4 Å². The summed E-state index contributed by atoms with van der Waals surface area (Å²) in [6.45, 7) is 1.63. The molecule has 0 aliphatic rings. The zero-order valence-electron chi connectivity index (χ0n) is 17.1. The first-order valence-electron chi connectivity index (χ1n) is 9.69. The fourth-order valence-corrected chi connectivity index (χ4v) is 2.91. The Kier molecular flexibility index (Phi) is 7.30. The molecular formula is C24H17F7O2. The predicted molar refractivity (Wildman–Crippen MR) is 109 cm³/mol. The molecule has 0 unspecified atom stereocenters. The number of hydrogen-bond acceptors (Lipinski definition) is 2. The highest BCUT2D eigenvalue weighted by molar-refractivity contribution is 5.65. The molecule has 2 nitrogen and oxygen atoms in total. The molecule has 3 aromatic rings. The van der Waals surface area contributed by atoms with Crippen LogP contribution in [-0.4, -0.2) is 6.36 Å². The molecule has 174 valence electrons. The van der Waals surface area contributed by atoms with Gasteiger partial charge < -0.3 is 9.47 Å². The quantitative estimate of drug-likeness (QED) is 0.325. The van der Waals surface area contributed by atoms with Crippen LogP contribution < -0.4 is 9.47 Å². The Hall–Kier alpha value is -3.49. The van der Waals surface area contributed by atoms with Gasteiger partial charge in [-0.25, -0.2) is 17.6 Å². The number of ether oxygens (including phenoxy) is 2. The highest BCUT2D eigenvalue weighted by atomic mass is 19.4. The normalized spacial score (nSPS) is 12.4. The van der Waals surface area contributed by atoms with E-state index in [1.807, 2.05) is 0 Å². The van der Waals surface area contributed by atoms with Gasteiger partial charge in [0.2, 0.25) is 5.75 Å². The number of alkyl halides is 3. The van der Waals surface area contributed by atoms with Crippen molar-refractivity contribution in [1.82, 2.24) is 0 Å². The maximum absolute atomic E-state index is 13.9. The number of allylic oxidation sites excluding steroid dienone is 1. The van der Waals surface area contributed by atoms with E-state index >= 15 is 0 Å². The molecule has 33 heavy (non-hydrogen) atoms. The summed E-state index contributed by atoms with van der Waals surface area (Å²) in [6.07, 6.45) is -5.27. The summed E-state index contributed by atoms with van der Waals surface area (Å²) in [5, 5.41) is 0. The molecule has 0 aliphatic heterocycles. The Morgan fingerprint density at radius 3 is 1.91 bits per heavy atom. The minimum Gasteiger partial charge on any atom is -0.489 e. The zero-order chi connectivity index (χ0) is 24.2. The Balaban J connectivity index is 1.67. The molecule has 0 radical (unpaired) electrons. The summed E-state index contributed by atoms with van der Waals surface area (Å²) in [6, 6.07) is 13.5. The second kappa shape index (κ2) is 9.97. The van der Waals surface area contributed by atoms with Crippen molar-refractivity contribution in [2.24, 2.45) is 0 Å². The molecule has 0 atom stereocenters. The molecule has 0 heterocycles.